The quantitative estimate of drug-likeness (QED) is 0.485. The Morgan fingerprint density at radius 1 is 1.09 bits per heavy atom. The first-order valence-corrected chi connectivity index (χ1v) is 10.7. The molecule has 172 valence electrons. The lowest BCUT2D eigenvalue weighted by molar-refractivity contribution is -0.0308. The summed E-state index contributed by atoms with van der Waals surface area (Å²) in [6.45, 7) is 1.94. The third kappa shape index (κ3) is 5.08. The first-order chi connectivity index (χ1) is 15.9. The van der Waals surface area contributed by atoms with Gasteiger partial charge in [-0.05, 0) is 37.1 Å². The van der Waals surface area contributed by atoms with Gasteiger partial charge < -0.3 is 20.1 Å². The molecule has 3 aromatic rings. The van der Waals surface area contributed by atoms with Gasteiger partial charge in [0.05, 0.1) is 19.2 Å². The Morgan fingerprint density at radius 3 is 2.52 bits per heavy atom. The number of hydrogen-bond acceptors (Lipinski definition) is 4. The average Bonchev–Trinajstić information content (AvgIpc) is 2.83. The Bertz CT molecular complexity index is 1100. The molecule has 0 radical (unpaired) electrons. The van der Waals surface area contributed by atoms with E-state index in [2.05, 4.69) is 10.6 Å². The molecule has 1 aliphatic rings. The number of carbonyl (C=O) groups is 1. The van der Waals surface area contributed by atoms with Gasteiger partial charge in [-0.3, -0.25) is 0 Å². The van der Waals surface area contributed by atoms with Gasteiger partial charge in [0.15, 0.2) is 0 Å². The molecule has 0 spiro atoms. The van der Waals surface area contributed by atoms with Crippen LogP contribution in [0.3, 0.4) is 0 Å². The van der Waals surface area contributed by atoms with Crippen LogP contribution in [0.25, 0.3) is 0 Å². The summed E-state index contributed by atoms with van der Waals surface area (Å²) in [6.07, 6.45) is -0.696. The van der Waals surface area contributed by atoms with E-state index in [-0.39, 0.29) is 18.6 Å². The number of methoxy groups -OCH3 is 1. The summed E-state index contributed by atoms with van der Waals surface area (Å²) >= 11 is 0. The molecule has 5 nitrogen and oxygen atoms in total. The van der Waals surface area contributed by atoms with Gasteiger partial charge >= 0.3 is 6.09 Å². The van der Waals surface area contributed by atoms with E-state index in [9.17, 15) is 4.79 Å². The van der Waals surface area contributed by atoms with Crippen LogP contribution in [0.5, 0.6) is 5.75 Å². The number of rotatable bonds is 6. The van der Waals surface area contributed by atoms with Crippen molar-refractivity contribution in [2.45, 2.75) is 38.0 Å². The van der Waals surface area contributed by atoms with Crippen LogP contribution < -0.4 is 15.4 Å². The maximum absolute atomic E-state index is 15.5. The lowest BCUT2D eigenvalue weighted by atomic mass is 9.87. The molecule has 7 heteroatoms. The van der Waals surface area contributed by atoms with Crippen LogP contribution >= 0.6 is 0 Å². The number of halogens is 2. The van der Waals surface area contributed by atoms with E-state index >= 15 is 8.78 Å². The molecule has 1 aliphatic heterocycles. The molecule has 0 unspecified atom stereocenters. The van der Waals surface area contributed by atoms with Crippen molar-refractivity contribution in [2.24, 2.45) is 0 Å². The van der Waals surface area contributed by atoms with Crippen molar-refractivity contribution >= 4 is 11.8 Å². The summed E-state index contributed by atoms with van der Waals surface area (Å²) < 4.78 is 41.5. The third-order valence-electron chi connectivity index (χ3n) is 5.81. The van der Waals surface area contributed by atoms with Gasteiger partial charge in [-0.1, -0.05) is 60.2 Å². The highest BCUT2D eigenvalue weighted by atomic mass is 19.3. The second-order valence-electron chi connectivity index (χ2n) is 8.13. The first-order valence-electron chi connectivity index (χ1n) is 10.7. The fourth-order valence-corrected chi connectivity index (χ4v) is 3.96. The van der Waals surface area contributed by atoms with Crippen LogP contribution in [-0.4, -0.2) is 19.2 Å². The van der Waals surface area contributed by atoms with Crippen molar-refractivity contribution < 1.29 is 23.0 Å². The fraction of sp³-hybridized carbons (Fsp3) is 0.269. The van der Waals surface area contributed by atoms with E-state index in [1.165, 1.54) is 19.2 Å². The molecule has 0 saturated carbocycles. The largest absolute Gasteiger partial charge is 0.497 e. The van der Waals surface area contributed by atoms with E-state index in [1.54, 1.807) is 30.3 Å². The summed E-state index contributed by atoms with van der Waals surface area (Å²) in [6, 6.07) is 18.7. The smallest absolute Gasteiger partial charge is 0.407 e. The van der Waals surface area contributed by atoms with Crippen LogP contribution in [0.4, 0.5) is 19.3 Å². The Kier molecular flexibility index (Phi) is 6.49. The number of anilines is 1. The maximum Gasteiger partial charge on any atom is 0.407 e. The summed E-state index contributed by atoms with van der Waals surface area (Å²) in [4.78, 5) is 12.5. The highest BCUT2D eigenvalue weighted by Gasteiger charge is 2.45. The second kappa shape index (κ2) is 9.48. The van der Waals surface area contributed by atoms with Crippen LogP contribution in [0.1, 0.15) is 34.7 Å². The topological polar surface area (TPSA) is 59.6 Å². The summed E-state index contributed by atoms with van der Waals surface area (Å²) in [7, 11) is 1.53. The summed E-state index contributed by atoms with van der Waals surface area (Å²) in [5.74, 6) is -2.58. The highest BCUT2D eigenvalue weighted by Crippen LogP contribution is 2.43. The molecule has 0 fully saturated rings. The summed E-state index contributed by atoms with van der Waals surface area (Å²) in [5, 5.41) is 5.73. The number of alkyl halides is 2. The number of amides is 1. The molecule has 1 heterocycles. The zero-order valence-corrected chi connectivity index (χ0v) is 18.5. The number of hydrogen-bond donors (Lipinski definition) is 2. The number of fused-ring (bicyclic) bond motifs is 1. The van der Waals surface area contributed by atoms with E-state index in [1.807, 2.05) is 37.3 Å². The molecule has 0 aromatic heterocycles. The average molecular weight is 453 g/mol. The molecular weight excluding hydrogens is 426 g/mol. The van der Waals surface area contributed by atoms with Crippen LogP contribution in [0.15, 0.2) is 72.8 Å². The lowest BCUT2D eigenvalue weighted by Crippen LogP contribution is -2.45. The van der Waals surface area contributed by atoms with Gasteiger partial charge in [0.2, 0.25) is 0 Å². The van der Waals surface area contributed by atoms with Crippen molar-refractivity contribution in [3.05, 3.63) is 95.1 Å². The number of ether oxygens (including phenoxy) is 2. The molecule has 2 N–H and O–H groups in total. The number of nitrogens with one attached hydrogen (secondary N) is 2. The predicted molar refractivity (Wildman–Crippen MR) is 123 cm³/mol. The van der Waals surface area contributed by atoms with Crippen molar-refractivity contribution in [2.75, 3.05) is 12.4 Å². The van der Waals surface area contributed by atoms with Crippen LogP contribution in [0, 0.1) is 6.92 Å². The van der Waals surface area contributed by atoms with Crippen molar-refractivity contribution in [3.8, 4) is 5.75 Å². The molecule has 0 aliphatic carbocycles. The number of carbonyl (C=O) groups excluding carboxylic acids is 1. The minimum atomic E-state index is -3.15. The monoisotopic (exact) mass is 452 g/mol. The molecular formula is C26H26F2N2O3. The highest BCUT2D eigenvalue weighted by molar-refractivity contribution is 5.70. The number of alkyl carbamates (subject to hydrolysis) is 1. The molecule has 2 atom stereocenters. The minimum absolute atomic E-state index is 0.0263. The molecule has 4 rings (SSSR count). The minimum Gasteiger partial charge on any atom is -0.497 e. The Labute approximate surface area is 191 Å². The molecule has 3 aromatic carbocycles. The first kappa shape index (κ1) is 22.6. The molecule has 1 amide bonds. The van der Waals surface area contributed by atoms with Crippen LogP contribution in [-0.2, 0) is 17.3 Å². The SMILES string of the molecule is COc1ccc2c(c1)[C@@H](NC(=O)OCc1ccccc1)C[C@@H](C(F)(F)c1ccc(C)cc1)N2. The van der Waals surface area contributed by atoms with Crippen LogP contribution in [0.2, 0.25) is 0 Å². The Hall–Kier alpha value is -3.61. The molecule has 0 saturated heterocycles. The van der Waals surface area contributed by atoms with Gasteiger partial charge in [0.1, 0.15) is 12.4 Å². The zero-order chi connectivity index (χ0) is 23.4. The Balaban J connectivity index is 1.56. The second-order valence-corrected chi connectivity index (χ2v) is 8.13. The van der Waals surface area contributed by atoms with Crippen molar-refractivity contribution in [1.29, 1.82) is 0 Å². The van der Waals surface area contributed by atoms with E-state index in [4.69, 9.17) is 9.47 Å². The van der Waals surface area contributed by atoms with Gasteiger partial charge in [-0.25, -0.2) is 4.79 Å². The van der Waals surface area contributed by atoms with Crippen molar-refractivity contribution in [3.63, 3.8) is 0 Å². The van der Waals surface area contributed by atoms with Gasteiger partial charge in [0, 0.05) is 16.8 Å². The van der Waals surface area contributed by atoms with E-state index < -0.39 is 24.1 Å². The predicted octanol–water partition coefficient (Wildman–Crippen LogP) is 5.95. The van der Waals surface area contributed by atoms with Gasteiger partial charge in [-0.15, -0.1) is 0 Å². The standard InChI is InChI=1S/C26H26F2N2O3/c1-17-8-10-19(11-9-17)26(27,28)24-15-23(21-14-20(32-2)12-13-22(21)29-24)30-25(31)33-16-18-6-4-3-5-7-18/h3-14,23-24,29H,15-16H2,1-2H3,(H,30,31)/t23-,24-/m0/s1. The number of benzene rings is 3. The van der Waals surface area contributed by atoms with E-state index in [0.717, 1.165) is 11.1 Å². The Morgan fingerprint density at radius 2 is 1.82 bits per heavy atom. The summed E-state index contributed by atoms with van der Waals surface area (Å²) in [5.41, 5.74) is 2.86. The molecule has 33 heavy (non-hydrogen) atoms. The van der Waals surface area contributed by atoms with Gasteiger partial charge in [-0.2, -0.15) is 8.78 Å². The molecule has 0 bridgehead atoms. The van der Waals surface area contributed by atoms with E-state index in [0.29, 0.717) is 17.0 Å². The fourth-order valence-electron chi connectivity index (χ4n) is 3.96. The normalized spacial score (nSPS) is 17.5. The van der Waals surface area contributed by atoms with Gasteiger partial charge in [0.25, 0.3) is 5.92 Å². The zero-order valence-electron chi connectivity index (χ0n) is 18.5. The number of aryl methyl sites for hydroxylation is 1. The maximum atomic E-state index is 15.5. The third-order valence-corrected chi connectivity index (χ3v) is 5.81. The lowest BCUT2D eigenvalue weighted by Gasteiger charge is -2.37. The van der Waals surface area contributed by atoms with Crippen molar-refractivity contribution in [1.82, 2.24) is 5.32 Å².